The van der Waals surface area contributed by atoms with Gasteiger partial charge in [-0.25, -0.2) is 0 Å². The summed E-state index contributed by atoms with van der Waals surface area (Å²) in [5.74, 6) is -0.695. The highest BCUT2D eigenvalue weighted by Gasteiger charge is 2.16. The summed E-state index contributed by atoms with van der Waals surface area (Å²) < 4.78 is 0. The minimum Gasteiger partial charge on any atom is -0.502 e. The molecule has 2 aromatic rings. The summed E-state index contributed by atoms with van der Waals surface area (Å²) in [6.45, 7) is 3.05. The van der Waals surface area contributed by atoms with Gasteiger partial charge < -0.3 is 15.7 Å². The summed E-state index contributed by atoms with van der Waals surface area (Å²) >= 11 is 4.96. The van der Waals surface area contributed by atoms with Crippen molar-refractivity contribution in [1.29, 1.82) is 0 Å². The first kappa shape index (κ1) is 19.0. The number of anilines is 1. The van der Waals surface area contributed by atoms with Gasteiger partial charge in [0.25, 0.3) is 0 Å². The zero-order chi connectivity index (χ0) is 19.3. The lowest BCUT2D eigenvalue weighted by Gasteiger charge is -2.07. The number of rotatable bonds is 4. The third-order valence-electron chi connectivity index (χ3n) is 3.23. The SMILES string of the molecule is CC(=O)NC(=S)Nc1ccc(N=Cc2cc(C)cc([N+](=O)[O-])c2O)cc1. The number of carbonyl (C=O) groups is 1. The highest BCUT2D eigenvalue weighted by Crippen LogP contribution is 2.30. The van der Waals surface area contributed by atoms with E-state index in [4.69, 9.17) is 12.2 Å². The molecule has 3 N–H and O–H groups in total. The highest BCUT2D eigenvalue weighted by atomic mass is 32.1. The maximum atomic E-state index is 11.0. The molecule has 0 saturated heterocycles. The predicted molar refractivity (Wildman–Crippen MR) is 103 cm³/mol. The molecule has 134 valence electrons. The van der Waals surface area contributed by atoms with E-state index < -0.39 is 10.7 Å². The molecule has 0 fully saturated rings. The Morgan fingerprint density at radius 2 is 1.96 bits per heavy atom. The Bertz CT molecular complexity index is 894. The van der Waals surface area contributed by atoms with Crippen LogP contribution in [0.5, 0.6) is 5.75 Å². The summed E-state index contributed by atoms with van der Waals surface area (Å²) in [4.78, 5) is 25.4. The molecular weight excluding hydrogens is 356 g/mol. The van der Waals surface area contributed by atoms with Crippen LogP contribution < -0.4 is 10.6 Å². The number of benzene rings is 2. The van der Waals surface area contributed by atoms with Crippen molar-refractivity contribution in [2.45, 2.75) is 13.8 Å². The monoisotopic (exact) mass is 372 g/mol. The molecule has 1 amide bonds. The second-order valence-corrected chi connectivity index (χ2v) is 5.83. The first-order chi connectivity index (χ1) is 12.3. The fourth-order valence-corrected chi connectivity index (χ4v) is 2.38. The van der Waals surface area contributed by atoms with Crippen molar-refractivity contribution >= 4 is 46.5 Å². The number of phenols is 1. The van der Waals surface area contributed by atoms with Crippen LogP contribution in [0.15, 0.2) is 41.4 Å². The van der Waals surface area contributed by atoms with Gasteiger partial charge >= 0.3 is 5.69 Å². The molecule has 0 spiro atoms. The largest absolute Gasteiger partial charge is 0.502 e. The number of amides is 1. The zero-order valence-electron chi connectivity index (χ0n) is 14.0. The van der Waals surface area contributed by atoms with E-state index in [9.17, 15) is 20.0 Å². The first-order valence-electron chi connectivity index (χ1n) is 7.47. The predicted octanol–water partition coefficient (Wildman–Crippen LogP) is 3.19. The standard InChI is InChI=1S/C17H16N4O4S/c1-10-7-12(16(23)15(8-10)21(24)25)9-18-13-3-5-14(6-4-13)20-17(26)19-11(2)22/h3-9,23H,1-2H3,(H2,19,20,22,26). The maximum absolute atomic E-state index is 11.0. The van der Waals surface area contributed by atoms with E-state index in [1.165, 1.54) is 19.2 Å². The number of nitrogens with one attached hydrogen (secondary N) is 2. The van der Waals surface area contributed by atoms with E-state index in [0.717, 1.165) is 0 Å². The van der Waals surface area contributed by atoms with Gasteiger partial charge in [0.2, 0.25) is 11.7 Å². The normalized spacial score (nSPS) is 10.5. The van der Waals surface area contributed by atoms with E-state index in [-0.39, 0.29) is 22.3 Å². The van der Waals surface area contributed by atoms with Crippen LogP contribution in [0.2, 0.25) is 0 Å². The Kier molecular flexibility index (Phi) is 5.97. The molecule has 0 heterocycles. The van der Waals surface area contributed by atoms with Crippen molar-refractivity contribution in [2.75, 3.05) is 5.32 Å². The first-order valence-corrected chi connectivity index (χ1v) is 7.88. The van der Waals surface area contributed by atoms with Crippen molar-refractivity contribution in [1.82, 2.24) is 5.32 Å². The maximum Gasteiger partial charge on any atom is 0.311 e. The van der Waals surface area contributed by atoms with E-state index in [1.54, 1.807) is 37.3 Å². The lowest BCUT2D eigenvalue weighted by molar-refractivity contribution is -0.385. The average Bonchev–Trinajstić information content (AvgIpc) is 2.55. The molecule has 9 heteroatoms. The summed E-state index contributed by atoms with van der Waals surface area (Å²) in [7, 11) is 0. The number of carbonyl (C=O) groups excluding carboxylic acids is 1. The molecule has 26 heavy (non-hydrogen) atoms. The third-order valence-corrected chi connectivity index (χ3v) is 3.43. The van der Waals surface area contributed by atoms with Gasteiger partial charge in [0.05, 0.1) is 10.6 Å². The quantitative estimate of drug-likeness (QED) is 0.328. The van der Waals surface area contributed by atoms with Crippen molar-refractivity contribution in [3.8, 4) is 5.75 Å². The Morgan fingerprint density at radius 3 is 2.54 bits per heavy atom. The van der Waals surface area contributed by atoms with Gasteiger partial charge in [-0.3, -0.25) is 19.9 Å². The second kappa shape index (κ2) is 8.17. The van der Waals surface area contributed by atoms with Crippen molar-refractivity contribution < 1.29 is 14.8 Å². The zero-order valence-corrected chi connectivity index (χ0v) is 14.8. The molecule has 0 bridgehead atoms. The number of aliphatic imine (C=N–C) groups is 1. The molecule has 8 nitrogen and oxygen atoms in total. The molecule has 0 saturated carbocycles. The molecular formula is C17H16N4O4S. The number of nitro benzene ring substituents is 1. The van der Waals surface area contributed by atoms with Crippen LogP contribution in [0.3, 0.4) is 0 Å². The molecule has 0 unspecified atom stereocenters. The van der Waals surface area contributed by atoms with Gasteiger partial charge in [-0.15, -0.1) is 0 Å². The Morgan fingerprint density at radius 1 is 1.31 bits per heavy atom. The molecule has 0 aliphatic heterocycles. The van der Waals surface area contributed by atoms with Crippen LogP contribution in [0.4, 0.5) is 17.1 Å². The van der Waals surface area contributed by atoms with Crippen molar-refractivity contribution in [3.63, 3.8) is 0 Å². The molecule has 0 radical (unpaired) electrons. The van der Waals surface area contributed by atoms with E-state index in [0.29, 0.717) is 16.9 Å². The number of aryl methyl sites for hydroxylation is 1. The van der Waals surface area contributed by atoms with Crippen molar-refractivity contribution in [3.05, 3.63) is 57.6 Å². The van der Waals surface area contributed by atoms with Gasteiger partial charge in [0.15, 0.2) is 5.11 Å². The van der Waals surface area contributed by atoms with Gasteiger partial charge in [-0.2, -0.15) is 0 Å². The van der Waals surface area contributed by atoms with Crippen LogP contribution in [-0.4, -0.2) is 27.3 Å². The average molecular weight is 372 g/mol. The number of phenolic OH excluding ortho intramolecular Hbond substituents is 1. The number of thiocarbonyl (C=S) groups is 1. The fraction of sp³-hybridized carbons (Fsp3) is 0.118. The van der Waals surface area contributed by atoms with Crippen LogP contribution in [0.1, 0.15) is 18.1 Å². The molecule has 2 aromatic carbocycles. The summed E-state index contributed by atoms with van der Waals surface area (Å²) in [5.41, 5.74) is 1.77. The minimum atomic E-state index is -0.641. The van der Waals surface area contributed by atoms with Crippen LogP contribution >= 0.6 is 12.2 Å². The highest BCUT2D eigenvalue weighted by molar-refractivity contribution is 7.80. The second-order valence-electron chi connectivity index (χ2n) is 5.42. The van der Waals surface area contributed by atoms with Crippen LogP contribution in [-0.2, 0) is 4.79 Å². The number of hydrogen-bond acceptors (Lipinski definition) is 6. The molecule has 0 aliphatic carbocycles. The van der Waals surface area contributed by atoms with Gasteiger partial charge in [0, 0.05) is 30.5 Å². The van der Waals surface area contributed by atoms with Gasteiger partial charge in [-0.05, 0) is 55.0 Å². The topological polar surface area (TPSA) is 117 Å². The van der Waals surface area contributed by atoms with Gasteiger partial charge in [0.1, 0.15) is 0 Å². The lowest BCUT2D eigenvalue weighted by Crippen LogP contribution is -2.32. The van der Waals surface area contributed by atoms with Crippen LogP contribution in [0, 0.1) is 17.0 Å². The number of aromatic hydroxyl groups is 1. The number of hydrogen-bond donors (Lipinski definition) is 3. The summed E-state index contributed by atoms with van der Waals surface area (Å²) in [6, 6.07) is 9.70. The smallest absolute Gasteiger partial charge is 0.311 e. The Hall–Kier alpha value is -3.33. The molecule has 0 aliphatic rings. The fourth-order valence-electron chi connectivity index (χ4n) is 2.12. The summed E-state index contributed by atoms with van der Waals surface area (Å²) in [6.07, 6.45) is 1.36. The summed E-state index contributed by atoms with van der Waals surface area (Å²) in [5, 5.41) is 26.4. The molecule has 0 atom stereocenters. The van der Waals surface area contributed by atoms with E-state index in [1.807, 2.05) is 0 Å². The number of nitrogens with zero attached hydrogens (tertiary/aromatic N) is 2. The Balaban J connectivity index is 2.15. The van der Waals surface area contributed by atoms with Gasteiger partial charge in [-0.1, -0.05) is 0 Å². The minimum absolute atomic E-state index is 0.186. The third kappa shape index (κ3) is 5.08. The lowest BCUT2D eigenvalue weighted by atomic mass is 10.1. The van der Waals surface area contributed by atoms with Crippen LogP contribution in [0.25, 0.3) is 0 Å². The van der Waals surface area contributed by atoms with E-state index >= 15 is 0 Å². The Labute approximate surface area is 154 Å². The van der Waals surface area contributed by atoms with E-state index in [2.05, 4.69) is 15.6 Å². The van der Waals surface area contributed by atoms with Crippen molar-refractivity contribution in [2.24, 2.45) is 4.99 Å². The molecule has 2 rings (SSSR count). The number of nitro groups is 1. The molecule has 0 aromatic heterocycles.